The van der Waals surface area contributed by atoms with Crippen molar-refractivity contribution in [3.05, 3.63) is 66.5 Å². The minimum absolute atomic E-state index is 0.153. The Labute approximate surface area is 137 Å². The molecule has 0 saturated carbocycles. The third kappa shape index (κ3) is 2.96. The number of hydrogen-bond donors (Lipinski definition) is 0. The van der Waals surface area contributed by atoms with Crippen LogP contribution in [0.25, 0.3) is 16.8 Å². The molecule has 2 aromatic carbocycles. The molecule has 0 saturated heterocycles. The Hall–Kier alpha value is -2.66. The van der Waals surface area contributed by atoms with E-state index in [1.165, 1.54) is 25.7 Å². The van der Waals surface area contributed by atoms with Crippen molar-refractivity contribution in [2.75, 3.05) is 7.11 Å². The normalized spacial score (nSPS) is 10.6. The molecule has 0 unspecified atom stereocenters. The van der Waals surface area contributed by atoms with Crippen LogP contribution in [0.4, 0.5) is 4.39 Å². The van der Waals surface area contributed by atoms with E-state index < -0.39 is 5.24 Å². The maximum atomic E-state index is 14.2. The number of halogens is 2. The molecule has 116 valence electrons. The number of rotatable bonds is 4. The number of imidazole rings is 1. The van der Waals surface area contributed by atoms with Gasteiger partial charge in [-0.2, -0.15) is 0 Å². The lowest BCUT2D eigenvalue weighted by atomic mass is 10.0. The van der Waals surface area contributed by atoms with Crippen LogP contribution in [0.15, 0.2) is 55.0 Å². The molecule has 23 heavy (non-hydrogen) atoms. The average Bonchev–Trinajstić information content (AvgIpc) is 3.05. The van der Waals surface area contributed by atoms with Crippen molar-refractivity contribution in [2.45, 2.75) is 0 Å². The van der Waals surface area contributed by atoms with Crippen LogP contribution in [0.1, 0.15) is 10.5 Å². The van der Waals surface area contributed by atoms with Crippen LogP contribution in [0.2, 0.25) is 0 Å². The fourth-order valence-electron chi connectivity index (χ4n) is 2.34. The summed E-state index contributed by atoms with van der Waals surface area (Å²) in [6, 6.07) is 11.9. The lowest BCUT2D eigenvalue weighted by molar-refractivity contribution is 0.107. The highest BCUT2D eigenvalue weighted by atomic mass is 35.5. The zero-order valence-electron chi connectivity index (χ0n) is 12.2. The summed E-state index contributed by atoms with van der Waals surface area (Å²) in [6.07, 6.45) is 3.00. The van der Waals surface area contributed by atoms with E-state index in [2.05, 4.69) is 4.98 Å². The Bertz CT molecular complexity index is 877. The summed E-state index contributed by atoms with van der Waals surface area (Å²) in [7, 11) is 1.50. The van der Waals surface area contributed by atoms with Gasteiger partial charge in [-0.05, 0) is 41.4 Å². The smallest absolute Gasteiger partial charge is 0.272 e. The monoisotopic (exact) mass is 330 g/mol. The Balaban J connectivity index is 2.08. The summed E-state index contributed by atoms with van der Waals surface area (Å²) in [5.41, 5.74) is 1.92. The molecule has 1 heterocycles. The van der Waals surface area contributed by atoms with Crippen LogP contribution >= 0.6 is 11.6 Å². The van der Waals surface area contributed by atoms with Gasteiger partial charge in [-0.25, -0.2) is 9.37 Å². The quantitative estimate of drug-likeness (QED) is 0.677. The Kier molecular flexibility index (Phi) is 4.12. The molecule has 0 atom stereocenters. The van der Waals surface area contributed by atoms with Crippen molar-refractivity contribution in [1.82, 2.24) is 9.55 Å². The number of aromatic nitrogens is 2. The molecule has 0 N–H and O–H groups in total. The summed E-state index contributed by atoms with van der Waals surface area (Å²) < 4.78 is 21.1. The van der Waals surface area contributed by atoms with E-state index in [9.17, 15) is 9.18 Å². The molecular formula is C17H12ClFN2O2. The van der Waals surface area contributed by atoms with Gasteiger partial charge in [0, 0.05) is 11.9 Å². The Morgan fingerprint density at radius 3 is 2.74 bits per heavy atom. The molecular weight excluding hydrogens is 319 g/mol. The van der Waals surface area contributed by atoms with Crippen molar-refractivity contribution in [3.8, 4) is 22.6 Å². The third-order valence-electron chi connectivity index (χ3n) is 3.41. The first-order valence-electron chi connectivity index (χ1n) is 6.77. The number of hydrogen-bond acceptors (Lipinski definition) is 3. The second-order valence-corrected chi connectivity index (χ2v) is 5.15. The maximum absolute atomic E-state index is 14.2. The number of methoxy groups -OCH3 is 1. The van der Waals surface area contributed by atoms with E-state index in [0.717, 1.165) is 5.69 Å². The molecule has 0 radical (unpaired) electrons. The summed E-state index contributed by atoms with van der Waals surface area (Å²) in [6.45, 7) is 0. The first-order valence-corrected chi connectivity index (χ1v) is 7.15. The van der Waals surface area contributed by atoms with Gasteiger partial charge in [0.25, 0.3) is 5.24 Å². The highest BCUT2D eigenvalue weighted by molar-refractivity contribution is 6.67. The molecule has 0 aliphatic rings. The van der Waals surface area contributed by atoms with Crippen LogP contribution in [-0.4, -0.2) is 21.9 Å². The molecule has 0 aliphatic carbocycles. The predicted octanol–water partition coefficient (Wildman–Crippen LogP) is 4.07. The predicted molar refractivity (Wildman–Crippen MR) is 85.7 cm³/mol. The number of carbonyl (C=O) groups excluding carboxylic acids is 1. The lowest BCUT2D eigenvalue weighted by Gasteiger charge is -2.11. The molecule has 4 nitrogen and oxygen atoms in total. The van der Waals surface area contributed by atoms with E-state index in [0.29, 0.717) is 16.9 Å². The summed E-state index contributed by atoms with van der Waals surface area (Å²) >= 11 is 5.41. The van der Waals surface area contributed by atoms with E-state index in [-0.39, 0.29) is 11.5 Å². The number of carbonyl (C=O) groups is 1. The largest absolute Gasteiger partial charge is 0.496 e. The fraction of sp³-hybridized carbons (Fsp3) is 0.0588. The second kappa shape index (κ2) is 6.22. The molecule has 3 aromatic rings. The van der Waals surface area contributed by atoms with Gasteiger partial charge >= 0.3 is 0 Å². The molecule has 0 amide bonds. The lowest BCUT2D eigenvalue weighted by Crippen LogP contribution is -1.94. The van der Waals surface area contributed by atoms with E-state index in [4.69, 9.17) is 16.3 Å². The maximum Gasteiger partial charge on any atom is 0.272 e. The standard InChI is InChI=1S/C17H12ClFN2O2/c1-23-15-7-3-6-13(19)16(15)11-4-2-5-12(8-11)21-9-14(17(18)22)20-10-21/h2-10H,1H3. The molecule has 0 bridgehead atoms. The molecule has 6 heteroatoms. The fourth-order valence-corrected chi connectivity index (χ4v) is 2.44. The van der Waals surface area contributed by atoms with Crippen LogP contribution in [0, 0.1) is 5.82 Å². The van der Waals surface area contributed by atoms with Crippen LogP contribution in [-0.2, 0) is 0 Å². The van der Waals surface area contributed by atoms with Crippen LogP contribution in [0.5, 0.6) is 5.75 Å². The van der Waals surface area contributed by atoms with Crippen molar-refractivity contribution in [3.63, 3.8) is 0 Å². The van der Waals surface area contributed by atoms with Gasteiger partial charge in [-0.1, -0.05) is 18.2 Å². The summed E-state index contributed by atoms with van der Waals surface area (Å²) in [5, 5.41) is -0.629. The van der Waals surface area contributed by atoms with E-state index in [1.54, 1.807) is 34.9 Å². The van der Waals surface area contributed by atoms with Crippen LogP contribution < -0.4 is 4.74 Å². The zero-order chi connectivity index (χ0) is 16.4. The van der Waals surface area contributed by atoms with Gasteiger partial charge in [-0.3, -0.25) is 4.79 Å². The third-order valence-corrected chi connectivity index (χ3v) is 3.61. The van der Waals surface area contributed by atoms with Crippen molar-refractivity contribution < 1.29 is 13.9 Å². The molecule has 0 fully saturated rings. The first kappa shape index (κ1) is 15.2. The van der Waals surface area contributed by atoms with Gasteiger partial charge in [0.1, 0.15) is 23.6 Å². The molecule has 1 aromatic heterocycles. The van der Waals surface area contributed by atoms with Gasteiger partial charge in [0.15, 0.2) is 0 Å². The Morgan fingerprint density at radius 2 is 2.04 bits per heavy atom. The zero-order valence-corrected chi connectivity index (χ0v) is 12.9. The number of ether oxygens (including phenoxy) is 1. The highest BCUT2D eigenvalue weighted by Gasteiger charge is 2.13. The van der Waals surface area contributed by atoms with Crippen molar-refractivity contribution in [2.24, 2.45) is 0 Å². The number of nitrogens with zero attached hydrogens (tertiary/aromatic N) is 2. The number of benzene rings is 2. The van der Waals surface area contributed by atoms with Gasteiger partial charge in [-0.15, -0.1) is 0 Å². The minimum Gasteiger partial charge on any atom is -0.496 e. The van der Waals surface area contributed by atoms with Crippen molar-refractivity contribution >= 4 is 16.8 Å². The SMILES string of the molecule is COc1cccc(F)c1-c1cccc(-n2cnc(C(=O)Cl)c2)c1. The van der Waals surface area contributed by atoms with Crippen LogP contribution in [0.3, 0.4) is 0 Å². The van der Waals surface area contributed by atoms with Gasteiger partial charge < -0.3 is 9.30 Å². The second-order valence-electron chi connectivity index (χ2n) is 4.81. The van der Waals surface area contributed by atoms with E-state index >= 15 is 0 Å². The van der Waals surface area contributed by atoms with Crippen molar-refractivity contribution in [1.29, 1.82) is 0 Å². The minimum atomic E-state index is -0.629. The van der Waals surface area contributed by atoms with Gasteiger partial charge in [0.2, 0.25) is 0 Å². The summed E-state index contributed by atoms with van der Waals surface area (Å²) in [5.74, 6) is 0.0770. The Morgan fingerprint density at radius 1 is 1.26 bits per heavy atom. The average molecular weight is 331 g/mol. The molecule has 3 rings (SSSR count). The van der Waals surface area contributed by atoms with Gasteiger partial charge in [0.05, 0.1) is 12.7 Å². The highest BCUT2D eigenvalue weighted by Crippen LogP contribution is 2.33. The summed E-state index contributed by atoms with van der Waals surface area (Å²) in [4.78, 5) is 15.1. The topological polar surface area (TPSA) is 44.1 Å². The molecule has 0 spiro atoms. The molecule has 0 aliphatic heterocycles. The van der Waals surface area contributed by atoms with E-state index in [1.807, 2.05) is 6.07 Å². The first-order chi connectivity index (χ1) is 11.1.